The van der Waals surface area contributed by atoms with E-state index in [1.807, 2.05) is 0 Å². The summed E-state index contributed by atoms with van der Waals surface area (Å²) in [6, 6.07) is -0.00491. The molecule has 1 saturated carbocycles. The van der Waals surface area contributed by atoms with Gasteiger partial charge in [0.1, 0.15) is 0 Å². The molecule has 0 unspecified atom stereocenters. The summed E-state index contributed by atoms with van der Waals surface area (Å²) < 4.78 is 0. The van der Waals surface area contributed by atoms with E-state index < -0.39 is 5.60 Å². The maximum absolute atomic E-state index is 11.8. The third-order valence-electron chi connectivity index (χ3n) is 6.09. The van der Waals surface area contributed by atoms with E-state index in [9.17, 15) is 9.90 Å². The van der Waals surface area contributed by atoms with E-state index in [2.05, 4.69) is 39.9 Å². The van der Waals surface area contributed by atoms with Crippen molar-refractivity contribution in [1.82, 2.24) is 5.32 Å². The van der Waals surface area contributed by atoms with Crippen LogP contribution in [0.2, 0.25) is 0 Å². The van der Waals surface area contributed by atoms with Crippen LogP contribution in [0.5, 0.6) is 0 Å². The Kier molecular flexibility index (Phi) is 3.58. The Labute approximate surface area is 140 Å². The van der Waals surface area contributed by atoms with Gasteiger partial charge in [0.25, 0.3) is 0 Å². The fourth-order valence-corrected chi connectivity index (χ4v) is 6.50. The van der Waals surface area contributed by atoms with Crippen LogP contribution in [0, 0.1) is 16.2 Å². The van der Waals surface area contributed by atoms with Gasteiger partial charge in [-0.05, 0) is 60.3 Å². The first-order valence-corrected chi connectivity index (χ1v) is 9.05. The summed E-state index contributed by atoms with van der Waals surface area (Å²) in [5.74, 6) is 0.00607. The highest BCUT2D eigenvalue weighted by Gasteiger charge is 2.57. The molecule has 0 radical (unpaired) electrons. The van der Waals surface area contributed by atoms with Crippen LogP contribution in [0.3, 0.4) is 0 Å². The molecule has 130 valence electrons. The Hall–Kier alpha value is -0.830. The van der Waals surface area contributed by atoms with Crippen molar-refractivity contribution in [3.63, 3.8) is 0 Å². The molecule has 3 heteroatoms. The van der Waals surface area contributed by atoms with Crippen LogP contribution in [0.15, 0.2) is 11.1 Å². The summed E-state index contributed by atoms with van der Waals surface area (Å²) >= 11 is 0. The van der Waals surface area contributed by atoms with Gasteiger partial charge in [-0.3, -0.25) is 4.79 Å². The number of nitrogens with one attached hydrogen (secondary N) is 1. The SMILES string of the molecule is CC(=O)N[C@@H]1CC(C)(C)CC2=C1[C@@]1(O)CC(C)(C)C[C@@](C)(C2)C1. The summed E-state index contributed by atoms with van der Waals surface area (Å²) in [6.07, 6.45) is 5.88. The first-order valence-electron chi connectivity index (χ1n) is 9.05. The zero-order chi connectivity index (χ0) is 17.3. The number of carbonyl (C=O) groups is 1. The summed E-state index contributed by atoms with van der Waals surface area (Å²) in [6.45, 7) is 13.1. The number of carbonyl (C=O) groups excluding carboxylic acids is 1. The van der Waals surface area contributed by atoms with Gasteiger partial charge in [0.15, 0.2) is 0 Å². The van der Waals surface area contributed by atoms with Crippen LogP contribution in [-0.2, 0) is 4.79 Å². The lowest BCUT2D eigenvalue weighted by atomic mass is 9.49. The van der Waals surface area contributed by atoms with Gasteiger partial charge in [-0.25, -0.2) is 0 Å². The molecule has 1 amide bonds. The van der Waals surface area contributed by atoms with Gasteiger partial charge in [-0.2, -0.15) is 0 Å². The van der Waals surface area contributed by atoms with Crippen molar-refractivity contribution in [3.8, 4) is 0 Å². The van der Waals surface area contributed by atoms with E-state index >= 15 is 0 Å². The molecule has 0 aromatic rings. The van der Waals surface area contributed by atoms with Crippen LogP contribution < -0.4 is 5.32 Å². The molecule has 1 fully saturated rings. The zero-order valence-corrected chi connectivity index (χ0v) is 15.7. The van der Waals surface area contributed by atoms with E-state index in [1.54, 1.807) is 6.92 Å². The maximum atomic E-state index is 11.8. The second-order valence-electron chi connectivity index (χ2n) is 10.5. The van der Waals surface area contributed by atoms with Crippen molar-refractivity contribution >= 4 is 5.91 Å². The second-order valence-corrected chi connectivity index (χ2v) is 10.5. The largest absolute Gasteiger partial charge is 0.385 e. The molecule has 23 heavy (non-hydrogen) atoms. The lowest BCUT2D eigenvalue weighted by Crippen LogP contribution is -2.58. The highest BCUT2D eigenvalue weighted by molar-refractivity contribution is 5.74. The molecule has 3 aliphatic rings. The zero-order valence-electron chi connectivity index (χ0n) is 15.7. The van der Waals surface area contributed by atoms with Crippen LogP contribution in [0.1, 0.15) is 80.1 Å². The number of rotatable bonds is 1. The Morgan fingerprint density at radius 1 is 1.04 bits per heavy atom. The molecular formula is C20H33NO2. The first kappa shape index (κ1) is 17.0. The first-order chi connectivity index (χ1) is 10.3. The average Bonchev–Trinajstić information content (AvgIpc) is 2.18. The average molecular weight is 319 g/mol. The van der Waals surface area contributed by atoms with Crippen LogP contribution in [0.4, 0.5) is 0 Å². The number of hydrogen-bond donors (Lipinski definition) is 2. The molecule has 3 rings (SSSR count). The molecule has 0 spiro atoms. The minimum absolute atomic E-state index is 0.00491. The molecule has 0 aromatic carbocycles. The maximum Gasteiger partial charge on any atom is 0.217 e. The third-order valence-corrected chi connectivity index (χ3v) is 6.09. The summed E-state index contributed by atoms with van der Waals surface area (Å²) in [5.41, 5.74) is 2.36. The highest BCUT2D eigenvalue weighted by Crippen LogP contribution is 2.62. The molecule has 3 nitrogen and oxygen atoms in total. The van der Waals surface area contributed by atoms with Gasteiger partial charge in [-0.1, -0.05) is 40.2 Å². The fourth-order valence-electron chi connectivity index (χ4n) is 6.50. The van der Waals surface area contributed by atoms with Gasteiger partial charge in [-0.15, -0.1) is 0 Å². The molecule has 2 bridgehead atoms. The van der Waals surface area contributed by atoms with Crippen molar-refractivity contribution in [1.29, 1.82) is 0 Å². The Morgan fingerprint density at radius 2 is 1.70 bits per heavy atom. The van der Waals surface area contributed by atoms with Gasteiger partial charge < -0.3 is 10.4 Å². The topological polar surface area (TPSA) is 49.3 Å². The monoisotopic (exact) mass is 319 g/mol. The molecule has 2 N–H and O–H groups in total. The Bertz CT molecular complexity index is 574. The highest BCUT2D eigenvalue weighted by atomic mass is 16.3. The predicted molar refractivity (Wildman–Crippen MR) is 93.0 cm³/mol. The van der Waals surface area contributed by atoms with Crippen molar-refractivity contribution in [2.75, 3.05) is 0 Å². The molecule has 3 aliphatic carbocycles. The normalized spacial score (nSPS) is 41.3. The lowest BCUT2D eigenvalue weighted by Gasteiger charge is -2.59. The number of fused-ring (bicyclic) bond motifs is 3. The van der Waals surface area contributed by atoms with Crippen molar-refractivity contribution < 1.29 is 9.90 Å². The van der Waals surface area contributed by atoms with E-state index in [0.717, 1.165) is 37.7 Å². The van der Waals surface area contributed by atoms with Crippen molar-refractivity contribution in [2.45, 2.75) is 91.7 Å². The van der Waals surface area contributed by atoms with Gasteiger partial charge in [0, 0.05) is 6.92 Å². The minimum atomic E-state index is -0.742. The summed E-state index contributed by atoms with van der Waals surface area (Å²) in [5, 5.41) is 14.8. The van der Waals surface area contributed by atoms with Crippen molar-refractivity contribution in [2.24, 2.45) is 16.2 Å². The predicted octanol–water partition coefficient (Wildman–Crippen LogP) is 3.96. The van der Waals surface area contributed by atoms with E-state index in [1.165, 1.54) is 12.0 Å². The van der Waals surface area contributed by atoms with Gasteiger partial charge in [0.05, 0.1) is 11.6 Å². The molecule has 3 atom stereocenters. The molecule has 0 saturated heterocycles. The molecule has 0 aromatic heterocycles. The fraction of sp³-hybridized carbons (Fsp3) is 0.850. The van der Waals surface area contributed by atoms with E-state index in [-0.39, 0.29) is 28.2 Å². The smallest absolute Gasteiger partial charge is 0.217 e. The number of hydrogen-bond acceptors (Lipinski definition) is 2. The standard InChI is InChI=1S/C20H33NO2/c1-13(22)21-15-9-17(2,3)7-14-8-19(6)10-18(4,5)11-20(23,12-19)16(14)15/h15,23H,7-12H2,1-6H3,(H,21,22)/t15-,19-,20-/m1/s1. The lowest BCUT2D eigenvalue weighted by molar-refractivity contribution is -0.120. The Morgan fingerprint density at radius 3 is 2.30 bits per heavy atom. The number of amides is 1. The van der Waals surface area contributed by atoms with E-state index in [4.69, 9.17) is 0 Å². The quantitative estimate of drug-likeness (QED) is 0.719. The van der Waals surface area contributed by atoms with Gasteiger partial charge in [0.2, 0.25) is 5.91 Å². The summed E-state index contributed by atoms with van der Waals surface area (Å²) in [4.78, 5) is 11.8. The van der Waals surface area contributed by atoms with Crippen LogP contribution >= 0.6 is 0 Å². The summed E-state index contributed by atoms with van der Waals surface area (Å²) in [7, 11) is 0. The molecule has 0 aliphatic heterocycles. The molecule has 0 heterocycles. The minimum Gasteiger partial charge on any atom is -0.385 e. The second kappa shape index (κ2) is 4.84. The van der Waals surface area contributed by atoms with Crippen LogP contribution in [-0.4, -0.2) is 22.7 Å². The van der Waals surface area contributed by atoms with Crippen LogP contribution in [0.25, 0.3) is 0 Å². The number of allylic oxidation sites excluding steroid dienone is 1. The van der Waals surface area contributed by atoms with Gasteiger partial charge >= 0.3 is 0 Å². The third kappa shape index (κ3) is 3.09. The van der Waals surface area contributed by atoms with Crippen molar-refractivity contribution in [3.05, 3.63) is 11.1 Å². The number of aliphatic hydroxyl groups is 1. The Balaban J connectivity index is 2.09. The molecular weight excluding hydrogens is 286 g/mol. The van der Waals surface area contributed by atoms with E-state index in [0.29, 0.717) is 0 Å².